The molecule has 0 aliphatic carbocycles. The Kier molecular flexibility index (Phi) is 4.49. The molecule has 6 nitrogen and oxygen atoms in total. The Morgan fingerprint density at radius 3 is 2.55 bits per heavy atom. The smallest absolute Gasteiger partial charge is 0.274 e. The number of hydrazine groups is 1. The van der Waals surface area contributed by atoms with Gasteiger partial charge in [-0.1, -0.05) is 23.7 Å². The molecule has 3 N–H and O–H groups in total. The Morgan fingerprint density at radius 1 is 1.30 bits per heavy atom. The minimum absolute atomic E-state index is 0.212. The van der Waals surface area contributed by atoms with Gasteiger partial charge in [0.05, 0.1) is 12.4 Å². The van der Waals surface area contributed by atoms with Crippen molar-refractivity contribution >= 4 is 23.3 Å². The van der Waals surface area contributed by atoms with Gasteiger partial charge in [-0.05, 0) is 17.7 Å². The molecule has 0 atom stereocenters. The molecule has 0 radical (unpaired) electrons. The molecular formula is C13H14ClN5O. The van der Waals surface area contributed by atoms with Crippen LogP contribution in [0.15, 0.2) is 36.7 Å². The number of carbonyl (C=O) groups is 1. The molecule has 0 unspecified atom stereocenters. The lowest BCUT2D eigenvalue weighted by atomic mass is 10.2. The zero-order valence-electron chi connectivity index (χ0n) is 10.9. The molecule has 7 heteroatoms. The number of amides is 1. The maximum Gasteiger partial charge on any atom is 0.274 e. The number of rotatable bonds is 4. The van der Waals surface area contributed by atoms with E-state index in [0.29, 0.717) is 17.4 Å². The van der Waals surface area contributed by atoms with Crippen LogP contribution in [0.5, 0.6) is 0 Å². The molecule has 0 saturated carbocycles. The third-order valence-corrected chi connectivity index (χ3v) is 2.95. The van der Waals surface area contributed by atoms with Crippen molar-refractivity contribution < 1.29 is 4.79 Å². The molecule has 1 heterocycles. The summed E-state index contributed by atoms with van der Waals surface area (Å²) in [6.07, 6.45) is 2.79. The summed E-state index contributed by atoms with van der Waals surface area (Å²) in [5.41, 5.74) is 3.61. The number of aromatic nitrogens is 2. The lowest BCUT2D eigenvalue weighted by Crippen LogP contribution is -2.27. The number of benzene rings is 1. The molecule has 2 rings (SSSR count). The summed E-state index contributed by atoms with van der Waals surface area (Å²) in [4.78, 5) is 21.7. The van der Waals surface area contributed by atoms with Crippen molar-refractivity contribution in [1.82, 2.24) is 14.9 Å². The third kappa shape index (κ3) is 3.43. The highest BCUT2D eigenvalue weighted by Crippen LogP contribution is 2.12. The molecule has 20 heavy (non-hydrogen) atoms. The maximum absolute atomic E-state index is 12.2. The molecule has 0 spiro atoms. The molecule has 1 aromatic heterocycles. The molecule has 104 valence electrons. The fourth-order valence-electron chi connectivity index (χ4n) is 1.64. The Labute approximate surface area is 121 Å². The monoisotopic (exact) mass is 291 g/mol. The van der Waals surface area contributed by atoms with E-state index in [-0.39, 0.29) is 11.6 Å². The van der Waals surface area contributed by atoms with Gasteiger partial charge < -0.3 is 10.3 Å². The first kappa shape index (κ1) is 14.2. The van der Waals surface area contributed by atoms with Crippen LogP contribution >= 0.6 is 11.6 Å². The normalized spacial score (nSPS) is 10.2. The van der Waals surface area contributed by atoms with Crippen molar-refractivity contribution in [2.24, 2.45) is 5.84 Å². The molecule has 0 saturated heterocycles. The van der Waals surface area contributed by atoms with Crippen LogP contribution in [-0.4, -0.2) is 27.8 Å². The van der Waals surface area contributed by atoms with Gasteiger partial charge in [-0.25, -0.2) is 15.8 Å². The number of nitrogens with two attached hydrogens (primary N) is 1. The fraction of sp³-hybridized carbons (Fsp3) is 0.154. The van der Waals surface area contributed by atoms with Gasteiger partial charge in [-0.2, -0.15) is 0 Å². The van der Waals surface area contributed by atoms with Crippen LogP contribution in [0, 0.1) is 0 Å². The van der Waals surface area contributed by atoms with Crippen molar-refractivity contribution in [2.45, 2.75) is 6.54 Å². The fourth-order valence-corrected chi connectivity index (χ4v) is 1.77. The summed E-state index contributed by atoms with van der Waals surface area (Å²) < 4.78 is 0. The molecule has 0 aliphatic heterocycles. The van der Waals surface area contributed by atoms with Crippen molar-refractivity contribution in [3.8, 4) is 0 Å². The van der Waals surface area contributed by atoms with Crippen LogP contribution in [-0.2, 0) is 6.54 Å². The summed E-state index contributed by atoms with van der Waals surface area (Å²) in [5, 5.41) is 0.665. The van der Waals surface area contributed by atoms with Gasteiger partial charge >= 0.3 is 0 Å². The van der Waals surface area contributed by atoms with Gasteiger partial charge in [0.2, 0.25) is 0 Å². The van der Waals surface area contributed by atoms with Crippen molar-refractivity contribution in [2.75, 3.05) is 12.5 Å². The van der Waals surface area contributed by atoms with Crippen LogP contribution in [0.25, 0.3) is 0 Å². The Bertz CT molecular complexity index is 585. The quantitative estimate of drug-likeness (QED) is 0.661. The SMILES string of the molecule is CN(Cc1ccc(Cl)cc1)C(=O)c1cnc(NN)cn1. The molecule has 0 aliphatic rings. The second kappa shape index (κ2) is 6.31. The number of hydrogen-bond donors (Lipinski definition) is 2. The summed E-state index contributed by atoms with van der Waals surface area (Å²) >= 11 is 5.82. The zero-order chi connectivity index (χ0) is 14.5. The zero-order valence-corrected chi connectivity index (χ0v) is 11.6. The van der Waals surface area contributed by atoms with E-state index in [4.69, 9.17) is 17.4 Å². The van der Waals surface area contributed by atoms with E-state index < -0.39 is 0 Å². The van der Waals surface area contributed by atoms with Crippen LogP contribution in [0.2, 0.25) is 5.02 Å². The number of hydrogen-bond acceptors (Lipinski definition) is 5. The lowest BCUT2D eigenvalue weighted by Gasteiger charge is -2.16. The average Bonchev–Trinajstić information content (AvgIpc) is 2.49. The van der Waals surface area contributed by atoms with E-state index in [2.05, 4.69) is 15.4 Å². The van der Waals surface area contributed by atoms with Gasteiger partial charge in [0.25, 0.3) is 5.91 Å². The van der Waals surface area contributed by atoms with E-state index >= 15 is 0 Å². The molecule has 0 bridgehead atoms. The highest BCUT2D eigenvalue weighted by atomic mass is 35.5. The van der Waals surface area contributed by atoms with Gasteiger partial charge in [0.15, 0.2) is 5.82 Å². The summed E-state index contributed by atoms with van der Waals surface area (Å²) in [7, 11) is 1.70. The summed E-state index contributed by atoms with van der Waals surface area (Å²) in [6, 6.07) is 7.33. The maximum atomic E-state index is 12.2. The first-order valence-corrected chi connectivity index (χ1v) is 6.26. The second-order valence-electron chi connectivity index (χ2n) is 4.22. The Balaban J connectivity index is 2.05. The first-order chi connectivity index (χ1) is 9.60. The minimum atomic E-state index is -0.212. The van der Waals surface area contributed by atoms with Crippen LogP contribution in [0.4, 0.5) is 5.82 Å². The highest BCUT2D eigenvalue weighted by molar-refractivity contribution is 6.30. The molecule has 2 aromatic rings. The van der Waals surface area contributed by atoms with Gasteiger partial charge in [-0.15, -0.1) is 0 Å². The van der Waals surface area contributed by atoms with E-state index in [1.165, 1.54) is 12.4 Å². The van der Waals surface area contributed by atoms with Crippen LogP contribution in [0.3, 0.4) is 0 Å². The average molecular weight is 292 g/mol. The predicted octanol–water partition coefficient (Wildman–Crippen LogP) is 1.69. The van der Waals surface area contributed by atoms with Crippen molar-refractivity contribution in [3.05, 3.63) is 52.9 Å². The Morgan fingerprint density at radius 2 is 2.00 bits per heavy atom. The minimum Gasteiger partial charge on any atom is -0.336 e. The van der Waals surface area contributed by atoms with E-state index in [1.54, 1.807) is 24.1 Å². The van der Waals surface area contributed by atoms with Crippen LogP contribution < -0.4 is 11.3 Å². The topological polar surface area (TPSA) is 84.1 Å². The number of halogens is 1. The van der Waals surface area contributed by atoms with Crippen LogP contribution in [0.1, 0.15) is 16.1 Å². The second-order valence-corrected chi connectivity index (χ2v) is 4.66. The van der Waals surface area contributed by atoms with Crippen molar-refractivity contribution in [3.63, 3.8) is 0 Å². The molecule has 1 aromatic carbocycles. The number of nitrogens with one attached hydrogen (secondary N) is 1. The largest absolute Gasteiger partial charge is 0.336 e. The number of nitrogen functional groups attached to an aromatic ring is 1. The number of anilines is 1. The van der Waals surface area contributed by atoms with Gasteiger partial charge in [0, 0.05) is 18.6 Å². The van der Waals surface area contributed by atoms with Crippen molar-refractivity contribution in [1.29, 1.82) is 0 Å². The standard InChI is InChI=1S/C13H14ClN5O/c1-19(8-9-2-4-10(14)5-3-9)13(20)11-6-17-12(18-15)7-16-11/h2-7H,8,15H2,1H3,(H,17,18). The molecular weight excluding hydrogens is 278 g/mol. The Hall–Kier alpha value is -2.18. The lowest BCUT2D eigenvalue weighted by molar-refractivity contribution is 0.0779. The molecule has 1 amide bonds. The first-order valence-electron chi connectivity index (χ1n) is 5.88. The van der Waals surface area contributed by atoms with Gasteiger partial charge in [-0.3, -0.25) is 4.79 Å². The van der Waals surface area contributed by atoms with E-state index in [0.717, 1.165) is 5.56 Å². The summed E-state index contributed by atoms with van der Waals surface area (Å²) in [6.45, 7) is 0.467. The third-order valence-electron chi connectivity index (χ3n) is 2.70. The summed E-state index contributed by atoms with van der Waals surface area (Å²) in [5.74, 6) is 5.38. The highest BCUT2D eigenvalue weighted by Gasteiger charge is 2.13. The number of nitrogens with zero attached hydrogens (tertiary/aromatic N) is 3. The van der Waals surface area contributed by atoms with Gasteiger partial charge in [0.1, 0.15) is 5.69 Å². The molecule has 0 fully saturated rings. The predicted molar refractivity (Wildman–Crippen MR) is 77.1 cm³/mol. The van der Waals surface area contributed by atoms with E-state index in [1.807, 2.05) is 12.1 Å². The number of carbonyl (C=O) groups excluding carboxylic acids is 1. The van der Waals surface area contributed by atoms with E-state index in [9.17, 15) is 4.79 Å².